The molecule has 1 heterocycles. The van der Waals surface area contributed by atoms with Gasteiger partial charge < -0.3 is 4.74 Å². The number of rotatable bonds is 0. The van der Waals surface area contributed by atoms with Crippen molar-refractivity contribution in [3.8, 4) is 0 Å². The number of amides is 2. The van der Waals surface area contributed by atoms with Crippen LogP contribution in [-0.4, -0.2) is 28.5 Å². The molecule has 0 saturated heterocycles. The van der Waals surface area contributed by atoms with Crippen LogP contribution in [0.4, 0.5) is 4.79 Å². The SMILES string of the molecule is C[C@H]1C(S)=CC(=O)N1C(=O)OC(C)(C)C. The quantitative estimate of drug-likeness (QED) is 0.646. The monoisotopic (exact) mass is 229 g/mol. The van der Waals surface area contributed by atoms with E-state index in [0.717, 1.165) is 4.90 Å². The summed E-state index contributed by atoms with van der Waals surface area (Å²) in [4.78, 5) is 24.7. The Morgan fingerprint density at radius 1 is 1.53 bits per heavy atom. The fourth-order valence-electron chi connectivity index (χ4n) is 1.20. The molecule has 0 unspecified atom stereocenters. The highest BCUT2D eigenvalue weighted by molar-refractivity contribution is 7.84. The average molecular weight is 229 g/mol. The van der Waals surface area contributed by atoms with Gasteiger partial charge in [0.15, 0.2) is 0 Å². The zero-order valence-electron chi connectivity index (χ0n) is 9.27. The maximum absolute atomic E-state index is 11.6. The molecule has 0 saturated carbocycles. The van der Waals surface area contributed by atoms with E-state index in [1.807, 2.05) is 0 Å². The molecule has 4 nitrogen and oxygen atoms in total. The Morgan fingerprint density at radius 3 is 2.40 bits per heavy atom. The lowest BCUT2D eigenvalue weighted by molar-refractivity contribution is -0.125. The lowest BCUT2D eigenvalue weighted by Crippen LogP contribution is -2.42. The van der Waals surface area contributed by atoms with E-state index in [-0.39, 0.29) is 11.9 Å². The number of hydrogen-bond acceptors (Lipinski definition) is 4. The van der Waals surface area contributed by atoms with Crippen molar-refractivity contribution >= 4 is 24.6 Å². The molecular formula is C10H15NO3S. The van der Waals surface area contributed by atoms with E-state index in [2.05, 4.69) is 12.6 Å². The molecule has 0 aromatic carbocycles. The summed E-state index contributed by atoms with van der Waals surface area (Å²) in [6, 6.07) is -0.337. The van der Waals surface area contributed by atoms with Gasteiger partial charge in [-0.1, -0.05) is 0 Å². The van der Waals surface area contributed by atoms with Crippen molar-refractivity contribution < 1.29 is 14.3 Å². The summed E-state index contributed by atoms with van der Waals surface area (Å²) in [6.07, 6.45) is 0.706. The van der Waals surface area contributed by atoms with Crippen molar-refractivity contribution in [1.29, 1.82) is 0 Å². The third kappa shape index (κ3) is 2.75. The topological polar surface area (TPSA) is 46.6 Å². The van der Waals surface area contributed by atoms with E-state index < -0.39 is 11.7 Å². The Morgan fingerprint density at radius 2 is 2.07 bits per heavy atom. The van der Waals surface area contributed by atoms with Crippen LogP contribution in [0, 0.1) is 0 Å². The number of imide groups is 1. The van der Waals surface area contributed by atoms with Crippen LogP contribution >= 0.6 is 12.6 Å². The fraction of sp³-hybridized carbons (Fsp3) is 0.600. The van der Waals surface area contributed by atoms with Gasteiger partial charge in [0.2, 0.25) is 0 Å². The third-order valence-corrected chi connectivity index (χ3v) is 2.42. The fourth-order valence-corrected chi connectivity index (χ4v) is 1.42. The number of nitrogens with zero attached hydrogens (tertiary/aromatic N) is 1. The van der Waals surface area contributed by atoms with Gasteiger partial charge in [-0.15, -0.1) is 12.6 Å². The van der Waals surface area contributed by atoms with Gasteiger partial charge >= 0.3 is 6.09 Å². The average Bonchev–Trinajstić information content (AvgIpc) is 2.22. The summed E-state index contributed by atoms with van der Waals surface area (Å²) in [5.41, 5.74) is -0.601. The zero-order valence-corrected chi connectivity index (χ0v) is 10.2. The van der Waals surface area contributed by atoms with Crippen LogP contribution in [0.2, 0.25) is 0 Å². The van der Waals surface area contributed by atoms with Gasteiger partial charge in [0, 0.05) is 11.0 Å². The molecule has 0 spiro atoms. The molecule has 2 amide bonds. The Hall–Kier alpha value is -0.970. The lowest BCUT2D eigenvalue weighted by atomic mass is 10.2. The summed E-state index contributed by atoms with van der Waals surface area (Å²) in [5, 5.41) is 0. The molecule has 0 aliphatic carbocycles. The van der Waals surface area contributed by atoms with E-state index in [4.69, 9.17) is 4.74 Å². The maximum Gasteiger partial charge on any atom is 0.417 e. The molecule has 0 fully saturated rings. The second kappa shape index (κ2) is 3.89. The van der Waals surface area contributed by atoms with E-state index in [0.29, 0.717) is 4.91 Å². The first kappa shape index (κ1) is 12.1. The highest BCUT2D eigenvalue weighted by Gasteiger charge is 2.35. The van der Waals surface area contributed by atoms with Crippen LogP contribution in [0.3, 0.4) is 0 Å². The van der Waals surface area contributed by atoms with Crippen LogP contribution in [0.25, 0.3) is 0 Å². The largest absolute Gasteiger partial charge is 0.443 e. The predicted molar refractivity (Wildman–Crippen MR) is 59.6 cm³/mol. The van der Waals surface area contributed by atoms with Crippen molar-refractivity contribution in [1.82, 2.24) is 4.90 Å². The second-order valence-electron chi connectivity index (χ2n) is 4.43. The van der Waals surface area contributed by atoms with Crippen molar-refractivity contribution in [2.45, 2.75) is 39.3 Å². The van der Waals surface area contributed by atoms with Crippen LogP contribution in [0.1, 0.15) is 27.7 Å². The van der Waals surface area contributed by atoms with Crippen molar-refractivity contribution in [3.05, 3.63) is 11.0 Å². The number of hydrogen-bond donors (Lipinski definition) is 1. The number of carbonyl (C=O) groups excluding carboxylic acids is 2. The molecule has 0 radical (unpaired) electrons. The molecule has 15 heavy (non-hydrogen) atoms. The van der Waals surface area contributed by atoms with Crippen molar-refractivity contribution in [3.63, 3.8) is 0 Å². The van der Waals surface area contributed by atoms with Gasteiger partial charge in [-0.2, -0.15) is 0 Å². The van der Waals surface area contributed by atoms with Crippen LogP contribution in [0.5, 0.6) is 0 Å². The normalized spacial score (nSPS) is 21.7. The molecule has 1 rings (SSSR count). The molecule has 5 heteroatoms. The molecule has 0 N–H and O–H groups in total. The standard InChI is InChI=1S/C10H15NO3S/c1-6-7(15)5-8(12)11(6)9(13)14-10(2,3)4/h5-6,15H,1-4H3/t6-/m0/s1. The molecule has 1 aliphatic rings. The highest BCUT2D eigenvalue weighted by Crippen LogP contribution is 2.24. The van der Waals surface area contributed by atoms with Gasteiger partial charge in [-0.05, 0) is 27.7 Å². The maximum atomic E-state index is 11.6. The summed E-state index contributed by atoms with van der Waals surface area (Å²) in [6.45, 7) is 7.00. The van der Waals surface area contributed by atoms with Crippen LogP contribution in [-0.2, 0) is 9.53 Å². The van der Waals surface area contributed by atoms with Gasteiger partial charge in [-0.3, -0.25) is 4.79 Å². The lowest BCUT2D eigenvalue weighted by Gasteiger charge is -2.26. The van der Waals surface area contributed by atoms with Crippen LogP contribution < -0.4 is 0 Å². The smallest absolute Gasteiger partial charge is 0.417 e. The first-order valence-electron chi connectivity index (χ1n) is 4.69. The third-order valence-electron chi connectivity index (χ3n) is 1.91. The van der Waals surface area contributed by atoms with Gasteiger partial charge in [0.25, 0.3) is 5.91 Å². The molecule has 0 bridgehead atoms. The summed E-state index contributed by atoms with van der Waals surface area (Å²) in [5.74, 6) is -0.373. The number of thiol groups is 1. The number of ether oxygens (including phenoxy) is 1. The van der Waals surface area contributed by atoms with Gasteiger partial charge in [0.05, 0.1) is 6.04 Å². The first-order valence-corrected chi connectivity index (χ1v) is 5.14. The Labute approximate surface area is 94.7 Å². The Bertz CT molecular complexity index is 330. The minimum Gasteiger partial charge on any atom is -0.443 e. The Kier molecular flexibility index (Phi) is 3.13. The van der Waals surface area contributed by atoms with E-state index in [1.165, 1.54) is 6.08 Å². The number of carbonyl (C=O) groups is 2. The molecule has 1 aliphatic heterocycles. The van der Waals surface area contributed by atoms with E-state index >= 15 is 0 Å². The molecule has 0 aromatic rings. The van der Waals surface area contributed by atoms with E-state index in [9.17, 15) is 9.59 Å². The summed E-state index contributed by atoms with van der Waals surface area (Å²) in [7, 11) is 0. The highest BCUT2D eigenvalue weighted by atomic mass is 32.1. The van der Waals surface area contributed by atoms with E-state index in [1.54, 1.807) is 27.7 Å². The zero-order chi connectivity index (χ0) is 11.8. The van der Waals surface area contributed by atoms with Crippen LogP contribution in [0.15, 0.2) is 11.0 Å². The Balaban J connectivity index is 2.75. The first-order chi connectivity index (χ1) is 6.72. The second-order valence-corrected chi connectivity index (χ2v) is 4.95. The van der Waals surface area contributed by atoms with Gasteiger partial charge in [-0.25, -0.2) is 9.69 Å². The molecule has 0 aromatic heterocycles. The summed E-state index contributed by atoms with van der Waals surface area (Å²) >= 11 is 4.10. The van der Waals surface area contributed by atoms with Crippen molar-refractivity contribution in [2.75, 3.05) is 0 Å². The molecule has 84 valence electrons. The summed E-state index contributed by atoms with van der Waals surface area (Å²) < 4.78 is 5.11. The molecular weight excluding hydrogens is 214 g/mol. The minimum atomic E-state index is -0.625. The minimum absolute atomic E-state index is 0.337. The molecule has 1 atom stereocenters. The van der Waals surface area contributed by atoms with Gasteiger partial charge in [0.1, 0.15) is 5.60 Å². The predicted octanol–water partition coefficient (Wildman–Crippen LogP) is 1.97. The van der Waals surface area contributed by atoms with Crippen molar-refractivity contribution in [2.24, 2.45) is 0 Å².